The van der Waals surface area contributed by atoms with Gasteiger partial charge in [-0.25, -0.2) is 0 Å². The van der Waals surface area contributed by atoms with Crippen molar-refractivity contribution >= 4 is 51.6 Å². The second-order valence-corrected chi connectivity index (χ2v) is 9.03. The van der Waals surface area contributed by atoms with E-state index in [4.69, 9.17) is 32.4 Å². The number of fused-ring (bicyclic) bond motifs is 1. The van der Waals surface area contributed by atoms with Gasteiger partial charge in [-0.05, 0) is 30.3 Å². The predicted octanol–water partition coefficient (Wildman–Crippen LogP) is 5.71. The minimum Gasteiger partial charge on any atom is -0.507 e. The summed E-state index contributed by atoms with van der Waals surface area (Å²) >= 11 is 12.5. The van der Waals surface area contributed by atoms with Crippen molar-refractivity contribution in [2.75, 3.05) is 7.11 Å². The minimum atomic E-state index is -0.895. The van der Waals surface area contributed by atoms with Crippen molar-refractivity contribution in [3.8, 4) is 5.75 Å². The number of Topliss-reactive ketones (excluding diaryl/α,β-unsaturated/α-hetero) is 1. The number of halogens is 2. The van der Waals surface area contributed by atoms with Crippen LogP contribution in [0, 0.1) is 0 Å². The number of hydrogen-bond donors (Lipinski definition) is 1. The minimum absolute atomic E-state index is 0.0374. The van der Waals surface area contributed by atoms with Crippen molar-refractivity contribution < 1.29 is 23.8 Å². The molecule has 7 nitrogen and oxygen atoms in total. The van der Waals surface area contributed by atoms with Crippen LogP contribution in [-0.4, -0.2) is 33.4 Å². The summed E-state index contributed by atoms with van der Waals surface area (Å²) in [5.41, 5.74) is 1.62. The molecule has 9 heteroatoms. The van der Waals surface area contributed by atoms with Gasteiger partial charge in [-0.15, -0.1) is 0 Å². The van der Waals surface area contributed by atoms with Gasteiger partial charge >= 0.3 is 0 Å². The largest absolute Gasteiger partial charge is 0.507 e. The zero-order valence-corrected chi connectivity index (χ0v) is 20.3. The number of aryl methyl sites for hydroxylation is 1. The fourth-order valence-electron chi connectivity index (χ4n) is 4.62. The Morgan fingerprint density at radius 2 is 1.91 bits per heavy atom. The van der Waals surface area contributed by atoms with Crippen LogP contribution in [0.2, 0.25) is 10.0 Å². The lowest BCUT2D eigenvalue weighted by Gasteiger charge is -2.24. The van der Waals surface area contributed by atoms with E-state index in [-0.39, 0.29) is 33.5 Å². The number of amides is 1. The summed E-state index contributed by atoms with van der Waals surface area (Å²) in [7, 11) is 3.27. The molecule has 0 bridgehead atoms. The van der Waals surface area contributed by atoms with Gasteiger partial charge in [0.2, 0.25) is 0 Å². The molecule has 178 valence electrons. The third-order valence-electron chi connectivity index (χ3n) is 6.14. The predicted molar refractivity (Wildman–Crippen MR) is 132 cm³/mol. The molecule has 35 heavy (non-hydrogen) atoms. The maximum Gasteiger partial charge on any atom is 0.296 e. The smallest absolute Gasteiger partial charge is 0.296 e. The van der Waals surface area contributed by atoms with Crippen LogP contribution in [-0.2, 0) is 23.2 Å². The highest BCUT2D eigenvalue weighted by molar-refractivity contribution is 6.47. The van der Waals surface area contributed by atoms with Crippen LogP contribution in [0.3, 0.4) is 0 Å². The maximum absolute atomic E-state index is 13.4. The molecule has 1 unspecified atom stereocenters. The van der Waals surface area contributed by atoms with Gasteiger partial charge in [-0.3, -0.25) is 9.59 Å². The van der Waals surface area contributed by atoms with Gasteiger partial charge in [0.25, 0.3) is 11.7 Å². The lowest BCUT2D eigenvalue weighted by Crippen LogP contribution is -2.29. The number of methoxy groups -OCH3 is 1. The number of ketones is 1. The molecule has 5 rings (SSSR count). The average Bonchev–Trinajstić information content (AvgIpc) is 3.53. The van der Waals surface area contributed by atoms with E-state index in [0.29, 0.717) is 11.3 Å². The Morgan fingerprint density at radius 1 is 1.14 bits per heavy atom. The SMILES string of the molecule is COc1c(Cl)cc(Cl)cc1/C(O)=C1\C(=O)C(=O)N(Cc2ccco2)C1c1cn(C)c2ccccc12. The molecule has 1 atom stereocenters. The molecule has 0 aliphatic carbocycles. The quantitative estimate of drug-likeness (QED) is 0.211. The van der Waals surface area contributed by atoms with E-state index in [0.717, 1.165) is 10.9 Å². The van der Waals surface area contributed by atoms with E-state index in [2.05, 4.69) is 0 Å². The molecular weight excluding hydrogens is 491 g/mol. The number of aliphatic hydroxyl groups excluding tert-OH is 1. The van der Waals surface area contributed by atoms with Crippen LogP contribution in [0.1, 0.15) is 22.9 Å². The number of carbonyl (C=O) groups is 2. The lowest BCUT2D eigenvalue weighted by atomic mass is 9.94. The van der Waals surface area contributed by atoms with Crippen LogP contribution < -0.4 is 4.74 Å². The first-order chi connectivity index (χ1) is 16.8. The van der Waals surface area contributed by atoms with Gasteiger partial charge in [0.1, 0.15) is 17.3 Å². The molecule has 1 N–H and O–H groups in total. The van der Waals surface area contributed by atoms with Crippen molar-refractivity contribution in [2.45, 2.75) is 12.6 Å². The third kappa shape index (κ3) is 3.77. The number of likely N-dealkylation sites (tertiary alicyclic amines) is 1. The molecule has 2 aromatic carbocycles. The molecular formula is C26H20Cl2N2O5. The Morgan fingerprint density at radius 3 is 2.63 bits per heavy atom. The standard InChI is InChI=1S/C26H20Cl2N2O5/c1-29-13-18(16-7-3-4-8-20(16)29)22-21(23(31)17-10-14(27)11-19(28)25(17)34-2)24(32)26(33)30(22)12-15-6-5-9-35-15/h3-11,13,22,31H,12H2,1-2H3/b23-21+. The summed E-state index contributed by atoms with van der Waals surface area (Å²) in [4.78, 5) is 28.1. The van der Waals surface area contributed by atoms with Crippen LogP contribution in [0.15, 0.2) is 71.0 Å². The summed E-state index contributed by atoms with van der Waals surface area (Å²) in [5.74, 6) is -1.37. The average molecular weight is 511 g/mol. The Labute approximate surface area is 210 Å². The fourth-order valence-corrected chi connectivity index (χ4v) is 5.19. The lowest BCUT2D eigenvalue weighted by molar-refractivity contribution is -0.140. The Kier molecular flexibility index (Phi) is 5.83. The van der Waals surface area contributed by atoms with E-state index in [1.807, 2.05) is 42.1 Å². The van der Waals surface area contributed by atoms with Crippen molar-refractivity contribution in [3.63, 3.8) is 0 Å². The van der Waals surface area contributed by atoms with E-state index < -0.39 is 23.5 Å². The van der Waals surface area contributed by atoms with E-state index in [1.54, 1.807) is 12.1 Å². The van der Waals surface area contributed by atoms with Crippen LogP contribution in [0.4, 0.5) is 0 Å². The number of rotatable bonds is 5. The monoisotopic (exact) mass is 510 g/mol. The molecule has 4 aromatic rings. The van der Waals surface area contributed by atoms with Crippen LogP contribution >= 0.6 is 23.2 Å². The number of ether oxygens (including phenoxy) is 1. The zero-order valence-electron chi connectivity index (χ0n) is 18.8. The first-order valence-electron chi connectivity index (χ1n) is 10.7. The molecule has 0 saturated carbocycles. The number of furan rings is 1. The van der Waals surface area contributed by atoms with Crippen molar-refractivity contribution in [1.29, 1.82) is 0 Å². The summed E-state index contributed by atoms with van der Waals surface area (Å²) in [6.45, 7) is 0.0374. The fraction of sp³-hybridized carbons (Fsp3) is 0.154. The zero-order chi connectivity index (χ0) is 24.9. The highest BCUT2D eigenvalue weighted by atomic mass is 35.5. The second-order valence-electron chi connectivity index (χ2n) is 8.19. The molecule has 1 amide bonds. The summed E-state index contributed by atoms with van der Waals surface area (Å²) in [6.07, 6.45) is 3.35. The van der Waals surface area contributed by atoms with E-state index in [9.17, 15) is 14.7 Å². The normalized spacial score (nSPS) is 17.5. The van der Waals surface area contributed by atoms with Gasteiger partial charge in [0.15, 0.2) is 0 Å². The molecule has 3 heterocycles. The van der Waals surface area contributed by atoms with E-state index >= 15 is 0 Å². The molecule has 1 fully saturated rings. The highest BCUT2D eigenvalue weighted by Crippen LogP contribution is 2.45. The van der Waals surface area contributed by atoms with Gasteiger partial charge in [-0.2, -0.15) is 0 Å². The van der Waals surface area contributed by atoms with Crippen molar-refractivity contribution in [1.82, 2.24) is 9.47 Å². The van der Waals surface area contributed by atoms with Crippen molar-refractivity contribution in [3.05, 3.63) is 93.5 Å². The summed E-state index contributed by atoms with van der Waals surface area (Å²) < 4.78 is 12.8. The van der Waals surface area contributed by atoms with E-state index in [1.165, 1.54) is 30.4 Å². The topological polar surface area (TPSA) is 84.9 Å². The number of benzene rings is 2. The first-order valence-corrected chi connectivity index (χ1v) is 11.5. The van der Waals surface area contributed by atoms with Crippen molar-refractivity contribution in [2.24, 2.45) is 7.05 Å². The van der Waals surface area contributed by atoms with Crippen LogP contribution in [0.5, 0.6) is 5.75 Å². The Bertz CT molecular complexity index is 1500. The van der Waals surface area contributed by atoms with Gasteiger partial charge < -0.3 is 23.7 Å². The Hall–Kier alpha value is -3.68. The number of hydrogen-bond acceptors (Lipinski definition) is 5. The van der Waals surface area contributed by atoms with Crippen LogP contribution in [0.25, 0.3) is 16.7 Å². The molecule has 0 radical (unpaired) electrons. The first kappa shape index (κ1) is 23.1. The molecule has 1 saturated heterocycles. The number of aromatic nitrogens is 1. The summed E-state index contributed by atoms with van der Waals surface area (Å²) in [5, 5.41) is 12.7. The number of aliphatic hydroxyl groups is 1. The molecule has 1 aliphatic heterocycles. The van der Waals surface area contributed by atoms with Gasteiger partial charge in [0.05, 0.1) is 42.1 Å². The molecule has 1 aliphatic rings. The summed E-state index contributed by atoms with van der Waals surface area (Å²) in [6, 6.07) is 13.1. The third-order valence-corrected chi connectivity index (χ3v) is 6.64. The van der Waals surface area contributed by atoms with Gasteiger partial charge in [-0.1, -0.05) is 41.4 Å². The molecule has 2 aromatic heterocycles. The number of para-hydroxylation sites is 1. The van der Waals surface area contributed by atoms with Gasteiger partial charge in [0, 0.05) is 34.7 Å². The highest BCUT2D eigenvalue weighted by Gasteiger charge is 2.47. The number of nitrogens with zero attached hydrogens (tertiary/aromatic N) is 2. The molecule has 0 spiro atoms. The number of carbonyl (C=O) groups excluding carboxylic acids is 2. The second kappa shape index (κ2) is 8.83. The Balaban J connectivity index is 1.79. The maximum atomic E-state index is 13.4.